The van der Waals surface area contributed by atoms with Gasteiger partial charge in [0.15, 0.2) is 5.78 Å². The van der Waals surface area contributed by atoms with Crippen molar-refractivity contribution in [2.75, 3.05) is 23.8 Å². The highest BCUT2D eigenvalue weighted by Gasteiger charge is 2.81. The highest BCUT2D eigenvalue weighted by Crippen LogP contribution is 2.68. The molecule has 0 radical (unpaired) electrons. The van der Waals surface area contributed by atoms with Crippen molar-refractivity contribution < 1.29 is 19.1 Å². The molecule has 3 aromatic rings. The van der Waals surface area contributed by atoms with Gasteiger partial charge in [-0.3, -0.25) is 19.3 Å². The highest BCUT2D eigenvalue weighted by atomic mass is 16.5. The van der Waals surface area contributed by atoms with Crippen molar-refractivity contribution in [3.05, 3.63) is 88.5 Å². The molecule has 2 spiro atoms. The van der Waals surface area contributed by atoms with E-state index in [9.17, 15) is 14.4 Å². The molecule has 2 fully saturated rings. The van der Waals surface area contributed by atoms with E-state index in [4.69, 9.17) is 4.74 Å². The van der Waals surface area contributed by atoms with Crippen molar-refractivity contribution in [3.8, 4) is 5.75 Å². The van der Waals surface area contributed by atoms with Gasteiger partial charge in [0.05, 0.1) is 12.5 Å². The third-order valence-corrected chi connectivity index (χ3v) is 9.68. The normalized spacial score (nSPS) is 28.0. The number of hydrogen-bond donors (Lipinski definition) is 2. The minimum Gasteiger partial charge on any atom is -0.494 e. The molecule has 0 bridgehead atoms. The van der Waals surface area contributed by atoms with Gasteiger partial charge in [0.25, 0.3) is 5.91 Å². The van der Waals surface area contributed by atoms with Crippen LogP contribution in [0.5, 0.6) is 5.75 Å². The Morgan fingerprint density at radius 2 is 1.82 bits per heavy atom. The molecule has 7 heteroatoms. The van der Waals surface area contributed by atoms with Crippen LogP contribution in [0.1, 0.15) is 58.8 Å². The fourth-order valence-electron chi connectivity index (χ4n) is 8.03. The molecule has 0 saturated carbocycles. The number of anilines is 2. The van der Waals surface area contributed by atoms with Crippen LogP contribution in [0, 0.1) is 19.8 Å². The smallest absolute Gasteiger partial charge is 0.251 e. The molecule has 4 atom stereocenters. The molecule has 4 heterocycles. The molecular weight excluding hydrogens is 502 g/mol. The van der Waals surface area contributed by atoms with Crippen molar-refractivity contribution >= 4 is 29.0 Å². The molecule has 4 aliphatic heterocycles. The van der Waals surface area contributed by atoms with Crippen LogP contribution in [-0.4, -0.2) is 41.7 Å². The van der Waals surface area contributed by atoms with Gasteiger partial charge in [0.2, 0.25) is 5.91 Å². The van der Waals surface area contributed by atoms with Gasteiger partial charge in [-0.25, -0.2) is 0 Å². The highest BCUT2D eigenvalue weighted by molar-refractivity contribution is 6.21. The topological polar surface area (TPSA) is 87.7 Å². The maximum Gasteiger partial charge on any atom is 0.251 e. The first-order valence-corrected chi connectivity index (χ1v) is 14.2. The lowest BCUT2D eigenvalue weighted by Crippen LogP contribution is -2.62. The van der Waals surface area contributed by atoms with Crippen LogP contribution >= 0.6 is 0 Å². The maximum absolute atomic E-state index is 14.8. The number of carbonyl (C=O) groups excluding carboxylic acids is 3. The summed E-state index contributed by atoms with van der Waals surface area (Å²) < 4.78 is 5.86. The molecular formula is C33H33N3O4. The summed E-state index contributed by atoms with van der Waals surface area (Å²) in [6, 6.07) is 18.6. The number of ketones is 1. The molecule has 2 N–H and O–H groups in total. The minimum absolute atomic E-state index is 0.132. The molecule has 0 aromatic heterocycles. The van der Waals surface area contributed by atoms with E-state index in [0.717, 1.165) is 41.6 Å². The van der Waals surface area contributed by atoms with Gasteiger partial charge >= 0.3 is 0 Å². The number of rotatable bonds is 5. The number of benzene rings is 3. The van der Waals surface area contributed by atoms with E-state index in [1.54, 1.807) is 12.1 Å². The van der Waals surface area contributed by atoms with Crippen LogP contribution < -0.4 is 15.4 Å². The first kappa shape index (κ1) is 25.0. The summed E-state index contributed by atoms with van der Waals surface area (Å²) in [6.07, 6.45) is 2.44. The van der Waals surface area contributed by atoms with Crippen LogP contribution in [0.15, 0.2) is 60.7 Å². The van der Waals surface area contributed by atoms with E-state index in [-0.39, 0.29) is 23.6 Å². The Labute approximate surface area is 233 Å². The van der Waals surface area contributed by atoms with Gasteiger partial charge in [-0.1, -0.05) is 49.4 Å². The zero-order valence-corrected chi connectivity index (χ0v) is 23.0. The summed E-state index contributed by atoms with van der Waals surface area (Å²) >= 11 is 0. The fourth-order valence-corrected chi connectivity index (χ4v) is 8.03. The van der Waals surface area contributed by atoms with Gasteiger partial charge < -0.3 is 15.4 Å². The van der Waals surface area contributed by atoms with Crippen molar-refractivity contribution in [2.45, 2.75) is 57.0 Å². The molecule has 7 nitrogen and oxygen atoms in total. The Kier molecular flexibility index (Phi) is 5.48. The standard InChI is InChI=1S/C33H33N3O4/c1-4-17-40-22-10-7-9-21(18-22)29(37)27-26-13-8-16-36(26)33(24-15-14-19(2)20(3)28(24)35-31(33)39)32(27)23-11-5-6-12-25(23)34-30(32)38/h5-7,9-12,14-15,18,26-27H,4,8,13,16-17H2,1-3H3,(H,34,38)(H,35,39). The molecule has 4 aliphatic rings. The Bertz CT molecular complexity index is 1600. The van der Waals surface area contributed by atoms with Gasteiger partial charge in [-0.05, 0) is 74.5 Å². The third kappa shape index (κ3) is 2.91. The summed E-state index contributed by atoms with van der Waals surface area (Å²) in [5.41, 5.74) is 2.68. The minimum atomic E-state index is -1.44. The molecule has 3 aromatic carbocycles. The monoisotopic (exact) mass is 535 g/mol. The average molecular weight is 536 g/mol. The van der Waals surface area contributed by atoms with Crippen LogP contribution in [-0.2, 0) is 20.5 Å². The quantitative estimate of drug-likeness (QED) is 0.444. The Balaban J connectivity index is 1.52. The van der Waals surface area contributed by atoms with Gasteiger partial charge in [0, 0.05) is 28.5 Å². The van der Waals surface area contributed by atoms with E-state index in [1.165, 1.54) is 0 Å². The van der Waals surface area contributed by atoms with Crippen LogP contribution in [0.25, 0.3) is 0 Å². The van der Waals surface area contributed by atoms with Gasteiger partial charge in [0.1, 0.15) is 16.7 Å². The molecule has 204 valence electrons. The predicted octanol–water partition coefficient (Wildman–Crippen LogP) is 5.11. The van der Waals surface area contributed by atoms with Crippen LogP contribution in [0.2, 0.25) is 0 Å². The van der Waals surface area contributed by atoms with Gasteiger partial charge in [-0.2, -0.15) is 0 Å². The van der Waals surface area contributed by atoms with Gasteiger partial charge in [-0.15, -0.1) is 0 Å². The summed E-state index contributed by atoms with van der Waals surface area (Å²) in [5.74, 6) is -0.790. The van der Waals surface area contributed by atoms with E-state index in [1.807, 2.05) is 69.3 Å². The lowest BCUT2D eigenvalue weighted by Gasteiger charge is -2.43. The van der Waals surface area contributed by atoms with E-state index in [0.29, 0.717) is 35.7 Å². The second kappa shape index (κ2) is 8.77. The van der Waals surface area contributed by atoms with E-state index < -0.39 is 16.9 Å². The Morgan fingerprint density at radius 1 is 1.00 bits per heavy atom. The number of fused-ring (bicyclic) bond motifs is 7. The lowest BCUT2D eigenvalue weighted by molar-refractivity contribution is -0.137. The van der Waals surface area contributed by atoms with Crippen molar-refractivity contribution in [1.82, 2.24) is 4.90 Å². The Hall–Kier alpha value is -3.97. The number of hydrogen-bond acceptors (Lipinski definition) is 5. The number of nitrogens with zero attached hydrogens (tertiary/aromatic N) is 1. The number of ether oxygens (including phenoxy) is 1. The predicted molar refractivity (Wildman–Crippen MR) is 153 cm³/mol. The van der Waals surface area contributed by atoms with E-state index >= 15 is 0 Å². The first-order chi connectivity index (χ1) is 19.4. The molecule has 40 heavy (non-hydrogen) atoms. The van der Waals surface area contributed by atoms with Crippen molar-refractivity contribution in [2.24, 2.45) is 5.92 Å². The van der Waals surface area contributed by atoms with Crippen LogP contribution in [0.3, 0.4) is 0 Å². The number of aryl methyl sites for hydroxylation is 1. The first-order valence-electron chi connectivity index (χ1n) is 14.2. The second-order valence-electron chi connectivity index (χ2n) is 11.5. The average Bonchev–Trinajstić information content (AvgIpc) is 3.68. The van der Waals surface area contributed by atoms with Crippen molar-refractivity contribution in [1.29, 1.82) is 0 Å². The number of amides is 2. The Morgan fingerprint density at radius 3 is 2.65 bits per heavy atom. The second-order valence-corrected chi connectivity index (χ2v) is 11.5. The summed E-state index contributed by atoms with van der Waals surface area (Å²) in [6.45, 7) is 7.24. The summed E-state index contributed by atoms with van der Waals surface area (Å²) in [7, 11) is 0. The lowest BCUT2D eigenvalue weighted by atomic mass is 9.57. The number of para-hydroxylation sites is 1. The molecule has 0 aliphatic carbocycles. The SMILES string of the molecule is CCCOc1cccc(C(=O)C2C3CCCN3C3(C(=O)Nc4c3ccc(C)c4C)C23C(=O)Nc2ccccc23)c1. The van der Waals surface area contributed by atoms with Crippen molar-refractivity contribution in [3.63, 3.8) is 0 Å². The zero-order valence-electron chi connectivity index (χ0n) is 23.0. The number of carbonyl (C=O) groups is 3. The molecule has 2 amide bonds. The number of Topliss-reactive ketones (excluding diaryl/α,β-unsaturated/α-hetero) is 1. The maximum atomic E-state index is 14.8. The van der Waals surface area contributed by atoms with Crippen LogP contribution in [0.4, 0.5) is 11.4 Å². The molecule has 7 rings (SSSR count). The number of nitrogens with one attached hydrogen (secondary N) is 2. The summed E-state index contributed by atoms with van der Waals surface area (Å²) in [4.78, 5) is 46.2. The summed E-state index contributed by atoms with van der Waals surface area (Å²) in [5, 5.41) is 6.30. The molecule has 4 unspecified atom stereocenters. The third-order valence-electron chi connectivity index (χ3n) is 9.68. The molecule has 2 saturated heterocycles. The fraction of sp³-hybridized carbons (Fsp3) is 0.364. The van der Waals surface area contributed by atoms with E-state index in [2.05, 4.69) is 15.5 Å². The zero-order chi connectivity index (χ0) is 27.8. The largest absolute Gasteiger partial charge is 0.494 e.